The molecule has 0 amide bonds. The molecular formula is C15H16Cl3N3O. The smallest absolute Gasteiger partial charge is 0.126 e. The van der Waals surface area contributed by atoms with Crippen molar-refractivity contribution in [1.82, 2.24) is 13.3 Å². The van der Waals surface area contributed by atoms with Crippen molar-refractivity contribution in [3.8, 4) is 5.75 Å². The Morgan fingerprint density at radius 3 is 2.36 bits per heavy atom. The van der Waals surface area contributed by atoms with Gasteiger partial charge in [0.15, 0.2) is 0 Å². The van der Waals surface area contributed by atoms with Crippen molar-refractivity contribution in [1.29, 1.82) is 0 Å². The SMILES string of the molecule is COc1ccc(C2N(Cl)CN(Cl)C(C)N2Cl)c2ccccc12. The summed E-state index contributed by atoms with van der Waals surface area (Å²) in [5, 5.41) is 2.08. The van der Waals surface area contributed by atoms with Crippen molar-refractivity contribution in [2.24, 2.45) is 0 Å². The van der Waals surface area contributed by atoms with Crippen LogP contribution < -0.4 is 4.74 Å². The summed E-state index contributed by atoms with van der Waals surface area (Å²) in [5.74, 6) is 0.824. The summed E-state index contributed by atoms with van der Waals surface area (Å²) >= 11 is 19.0. The van der Waals surface area contributed by atoms with Crippen molar-refractivity contribution in [2.45, 2.75) is 19.3 Å². The Morgan fingerprint density at radius 2 is 1.68 bits per heavy atom. The predicted molar refractivity (Wildman–Crippen MR) is 90.6 cm³/mol. The van der Waals surface area contributed by atoms with E-state index in [1.807, 2.05) is 43.3 Å². The van der Waals surface area contributed by atoms with Crippen LogP contribution in [-0.4, -0.2) is 33.2 Å². The van der Waals surface area contributed by atoms with Crippen LogP contribution in [0.3, 0.4) is 0 Å². The quantitative estimate of drug-likeness (QED) is 0.732. The number of methoxy groups -OCH3 is 1. The third kappa shape index (κ3) is 2.64. The number of rotatable bonds is 2. The number of halogens is 3. The standard InChI is InChI=1S/C15H16Cl3N3O/c1-10-19(16)9-20(17)15(21(10)18)13-7-8-14(22-2)12-6-4-3-5-11(12)13/h3-8,10,15H,9H2,1-2H3. The summed E-state index contributed by atoms with van der Waals surface area (Å²) in [6.45, 7) is 2.33. The maximum Gasteiger partial charge on any atom is 0.126 e. The average molecular weight is 361 g/mol. The minimum Gasteiger partial charge on any atom is -0.496 e. The second-order valence-electron chi connectivity index (χ2n) is 5.19. The average Bonchev–Trinajstić information content (AvgIpc) is 2.53. The fraction of sp³-hybridized carbons (Fsp3) is 0.333. The van der Waals surface area contributed by atoms with E-state index in [1.165, 1.54) is 0 Å². The molecule has 4 nitrogen and oxygen atoms in total. The molecule has 2 aromatic rings. The maximum absolute atomic E-state index is 6.48. The molecule has 2 aromatic carbocycles. The van der Waals surface area contributed by atoms with Gasteiger partial charge in [0.2, 0.25) is 0 Å². The highest BCUT2D eigenvalue weighted by molar-refractivity contribution is 6.18. The Hall–Kier alpha value is -0.750. The molecule has 0 radical (unpaired) electrons. The van der Waals surface area contributed by atoms with E-state index in [2.05, 4.69) is 0 Å². The number of benzene rings is 2. The molecule has 0 aromatic heterocycles. The van der Waals surface area contributed by atoms with Crippen molar-refractivity contribution in [3.05, 3.63) is 42.0 Å². The molecule has 2 unspecified atom stereocenters. The fourth-order valence-electron chi connectivity index (χ4n) is 2.75. The molecule has 22 heavy (non-hydrogen) atoms. The van der Waals surface area contributed by atoms with Gasteiger partial charge in [0.1, 0.15) is 11.9 Å². The first-order valence-electron chi connectivity index (χ1n) is 6.89. The van der Waals surface area contributed by atoms with Gasteiger partial charge in [-0.1, -0.05) is 30.3 Å². The molecule has 0 bridgehead atoms. The third-order valence-corrected chi connectivity index (χ3v) is 5.10. The lowest BCUT2D eigenvalue weighted by Crippen LogP contribution is -2.52. The van der Waals surface area contributed by atoms with Crippen molar-refractivity contribution in [3.63, 3.8) is 0 Å². The molecule has 0 saturated carbocycles. The van der Waals surface area contributed by atoms with E-state index < -0.39 is 0 Å². The Morgan fingerprint density at radius 1 is 1.00 bits per heavy atom. The normalized spacial score (nSPS) is 24.8. The number of hydrogen-bond donors (Lipinski definition) is 0. The summed E-state index contributed by atoms with van der Waals surface area (Å²) < 4.78 is 10.2. The van der Waals surface area contributed by atoms with E-state index in [9.17, 15) is 0 Å². The van der Waals surface area contributed by atoms with Crippen LogP contribution in [0.5, 0.6) is 5.75 Å². The molecule has 118 valence electrons. The van der Waals surface area contributed by atoms with Crippen molar-refractivity contribution < 1.29 is 4.74 Å². The lowest BCUT2D eigenvalue weighted by molar-refractivity contribution is 0.0118. The number of nitrogens with zero attached hydrogens (tertiary/aromatic N) is 3. The van der Waals surface area contributed by atoms with Crippen LogP contribution in [0.2, 0.25) is 0 Å². The Bertz CT molecular complexity index is 684. The highest BCUT2D eigenvalue weighted by Gasteiger charge is 2.38. The van der Waals surface area contributed by atoms with E-state index in [0.29, 0.717) is 6.67 Å². The van der Waals surface area contributed by atoms with Gasteiger partial charge in [-0.15, -0.1) is 0 Å². The highest BCUT2D eigenvalue weighted by atomic mass is 35.5. The monoisotopic (exact) mass is 359 g/mol. The van der Waals surface area contributed by atoms with E-state index in [1.54, 1.807) is 20.4 Å². The van der Waals surface area contributed by atoms with E-state index >= 15 is 0 Å². The van der Waals surface area contributed by atoms with Gasteiger partial charge < -0.3 is 4.74 Å². The third-order valence-electron chi connectivity index (χ3n) is 3.95. The van der Waals surface area contributed by atoms with Crippen LogP contribution in [0.15, 0.2) is 36.4 Å². The molecule has 1 heterocycles. The predicted octanol–water partition coefficient (Wildman–Crippen LogP) is 4.53. The first kappa shape index (κ1) is 16.1. The van der Waals surface area contributed by atoms with Crippen LogP contribution in [0.1, 0.15) is 18.7 Å². The molecule has 0 N–H and O–H groups in total. The molecule has 0 spiro atoms. The van der Waals surface area contributed by atoms with Gasteiger partial charge >= 0.3 is 0 Å². The molecule has 1 fully saturated rings. The Labute approximate surface area is 145 Å². The molecule has 1 aliphatic heterocycles. The summed E-state index contributed by atoms with van der Waals surface area (Å²) in [6, 6.07) is 12.0. The second-order valence-corrected chi connectivity index (χ2v) is 6.45. The van der Waals surface area contributed by atoms with Gasteiger partial charge in [0, 0.05) is 5.39 Å². The van der Waals surface area contributed by atoms with E-state index in [0.717, 1.165) is 22.1 Å². The van der Waals surface area contributed by atoms with E-state index in [4.69, 9.17) is 40.1 Å². The maximum atomic E-state index is 6.48. The van der Waals surface area contributed by atoms with Crippen LogP contribution >= 0.6 is 35.3 Å². The molecule has 1 saturated heterocycles. The minimum atomic E-state index is -0.288. The van der Waals surface area contributed by atoms with Crippen LogP contribution in [0, 0.1) is 0 Å². The van der Waals surface area contributed by atoms with Crippen LogP contribution in [0.25, 0.3) is 10.8 Å². The lowest BCUT2D eigenvalue weighted by atomic mass is 10.0. The molecule has 1 aliphatic rings. The molecule has 2 atom stereocenters. The first-order valence-corrected chi connectivity index (χ1v) is 7.90. The number of hydrogen-bond acceptors (Lipinski definition) is 4. The largest absolute Gasteiger partial charge is 0.496 e. The van der Waals surface area contributed by atoms with E-state index in [-0.39, 0.29) is 12.3 Å². The highest BCUT2D eigenvalue weighted by Crippen LogP contribution is 2.40. The number of ether oxygens (including phenoxy) is 1. The van der Waals surface area contributed by atoms with Gasteiger partial charge in [-0.05, 0) is 59.3 Å². The first-order chi connectivity index (χ1) is 10.5. The van der Waals surface area contributed by atoms with Gasteiger partial charge in [0.05, 0.1) is 19.9 Å². The zero-order valence-electron chi connectivity index (χ0n) is 12.2. The molecule has 3 rings (SSSR count). The van der Waals surface area contributed by atoms with Crippen LogP contribution in [-0.2, 0) is 0 Å². The molecule has 0 aliphatic carbocycles. The summed E-state index contributed by atoms with van der Waals surface area (Å²) in [5.41, 5.74) is 1.01. The van der Waals surface area contributed by atoms with Gasteiger partial charge in [-0.2, -0.15) is 13.3 Å². The Balaban J connectivity index is 2.14. The zero-order valence-corrected chi connectivity index (χ0v) is 14.5. The van der Waals surface area contributed by atoms with Gasteiger partial charge in [0.25, 0.3) is 0 Å². The zero-order chi connectivity index (χ0) is 15.9. The number of fused-ring (bicyclic) bond motifs is 1. The lowest BCUT2D eigenvalue weighted by Gasteiger charge is -2.44. The summed E-state index contributed by atoms with van der Waals surface area (Å²) in [7, 11) is 1.66. The van der Waals surface area contributed by atoms with Crippen molar-refractivity contribution >= 4 is 46.1 Å². The van der Waals surface area contributed by atoms with Crippen LogP contribution in [0.4, 0.5) is 0 Å². The summed E-state index contributed by atoms with van der Waals surface area (Å²) in [4.78, 5) is 0. The second kappa shape index (κ2) is 6.40. The van der Waals surface area contributed by atoms with Crippen molar-refractivity contribution in [2.75, 3.05) is 13.8 Å². The molecule has 7 heteroatoms. The molecular weight excluding hydrogens is 345 g/mol. The fourth-order valence-corrected chi connectivity index (χ4v) is 3.73. The van der Waals surface area contributed by atoms with Gasteiger partial charge in [-0.3, -0.25) is 0 Å². The topological polar surface area (TPSA) is 19.0 Å². The summed E-state index contributed by atoms with van der Waals surface area (Å²) in [6.07, 6.45) is -0.437. The Kier molecular flexibility index (Phi) is 4.69. The minimum absolute atomic E-state index is 0.149. The van der Waals surface area contributed by atoms with Gasteiger partial charge in [-0.25, -0.2) is 0 Å².